The number of hydrogen-bond donors (Lipinski definition) is 3. The number of nitrogens with zero attached hydrogens (tertiary/aromatic N) is 2. The Morgan fingerprint density at radius 2 is 2.33 bits per heavy atom. The molecule has 18 heavy (non-hydrogen) atoms. The maximum Gasteiger partial charge on any atom is 0.271 e. The third kappa shape index (κ3) is 2.95. The van der Waals surface area contributed by atoms with Crippen LogP contribution >= 0.6 is 22.9 Å². The van der Waals surface area contributed by atoms with Crippen LogP contribution in [0.3, 0.4) is 0 Å². The van der Waals surface area contributed by atoms with Crippen LogP contribution in [0.4, 0.5) is 5.82 Å². The zero-order chi connectivity index (χ0) is 13.0. The Kier molecular flexibility index (Phi) is 4.08. The van der Waals surface area contributed by atoms with Gasteiger partial charge in [-0.15, -0.1) is 11.3 Å². The SMILES string of the molecule is NNc1ccc(Cl)c(C(=O)NCc2cscn2)n1. The summed E-state index contributed by atoms with van der Waals surface area (Å²) in [5.74, 6) is 5.23. The number of amides is 1. The van der Waals surface area contributed by atoms with Crippen molar-refractivity contribution in [3.63, 3.8) is 0 Å². The van der Waals surface area contributed by atoms with Gasteiger partial charge in [-0.05, 0) is 12.1 Å². The molecule has 1 amide bonds. The minimum atomic E-state index is -0.370. The summed E-state index contributed by atoms with van der Waals surface area (Å²) in [4.78, 5) is 19.9. The molecule has 8 heteroatoms. The number of halogens is 1. The standard InChI is InChI=1S/C10H10ClN5OS/c11-7-1-2-8(16-12)15-9(7)10(17)13-3-6-4-18-5-14-6/h1-2,4-5H,3,12H2,(H,13,17)(H,15,16). The van der Waals surface area contributed by atoms with E-state index in [1.54, 1.807) is 17.6 Å². The van der Waals surface area contributed by atoms with Crippen molar-refractivity contribution in [2.24, 2.45) is 5.84 Å². The summed E-state index contributed by atoms with van der Waals surface area (Å²) in [6.07, 6.45) is 0. The molecule has 0 spiro atoms. The van der Waals surface area contributed by atoms with E-state index in [9.17, 15) is 4.79 Å². The average Bonchev–Trinajstić information content (AvgIpc) is 2.89. The van der Waals surface area contributed by atoms with E-state index >= 15 is 0 Å². The lowest BCUT2D eigenvalue weighted by molar-refractivity contribution is 0.0946. The second-order valence-electron chi connectivity index (χ2n) is 3.33. The number of nitrogen functional groups attached to an aromatic ring is 1. The normalized spacial score (nSPS) is 10.1. The van der Waals surface area contributed by atoms with Crippen molar-refractivity contribution in [2.75, 3.05) is 5.43 Å². The summed E-state index contributed by atoms with van der Waals surface area (Å²) < 4.78 is 0. The fourth-order valence-corrected chi connectivity index (χ4v) is 2.01. The Balaban J connectivity index is 2.08. The topological polar surface area (TPSA) is 92.9 Å². The zero-order valence-electron chi connectivity index (χ0n) is 9.18. The fourth-order valence-electron chi connectivity index (χ4n) is 1.26. The maximum atomic E-state index is 11.9. The van der Waals surface area contributed by atoms with Gasteiger partial charge in [0.05, 0.1) is 22.8 Å². The molecule has 0 radical (unpaired) electrons. The Hall–Kier alpha value is -1.70. The minimum Gasteiger partial charge on any atom is -0.345 e. The van der Waals surface area contributed by atoms with Gasteiger partial charge in [0.25, 0.3) is 5.91 Å². The van der Waals surface area contributed by atoms with Crippen molar-refractivity contribution >= 4 is 34.7 Å². The first-order valence-corrected chi connectivity index (χ1v) is 6.31. The van der Waals surface area contributed by atoms with Crippen LogP contribution in [0.5, 0.6) is 0 Å². The molecule has 2 heterocycles. The van der Waals surface area contributed by atoms with Gasteiger partial charge in [-0.1, -0.05) is 11.6 Å². The first-order chi connectivity index (χ1) is 8.70. The van der Waals surface area contributed by atoms with Gasteiger partial charge in [0.1, 0.15) is 11.5 Å². The average molecular weight is 284 g/mol. The molecule has 0 saturated carbocycles. The molecule has 0 aliphatic rings. The molecule has 2 aromatic rings. The molecule has 94 valence electrons. The first-order valence-electron chi connectivity index (χ1n) is 4.99. The molecule has 0 unspecified atom stereocenters. The molecule has 2 rings (SSSR count). The molecule has 0 aliphatic carbocycles. The lowest BCUT2D eigenvalue weighted by Crippen LogP contribution is -2.25. The molecule has 0 aliphatic heterocycles. The molecule has 0 fully saturated rings. The first kappa shape index (κ1) is 12.7. The summed E-state index contributed by atoms with van der Waals surface area (Å²) in [5, 5.41) is 4.81. The van der Waals surface area contributed by atoms with Gasteiger partial charge in [-0.25, -0.2) is 15.8 Å². The van der Waals surface area contributed by atoms with Crippen LogP contribution in [-0.2, 0) is 6.54 Å². The third-order valence-corrected chi connectivity index (χ3v) is 3.06. The Bertz CT molecular complexity index is 545. The quantitative estimate of drug-likeness (QED) is 0.583. The van der Waals surface area contributed by atoms with Crippen molar-refractivity contribution in [1.29, 1.82) is 0 Å². The fraction of sp³-hybridized carbons (Fsp3) is 0.100. The van der Waals surface area contributed by atoms with Crippen LogP contribution in [0.25, 0.3) is 0 Å². The summed E-state index contributed by atoms with van der Waals surface area (Å²) in [6, 6.07) is 3.14. The minimum absolute atomic E-state index is 0.127. The van der Waals surface area contributed by atoms with E-state index in [2.05, 4.69) is 20.7 Å². The van der Waals surface area contributed by atoms with Gasteiger partial charge >= 0.3 is 0 Å². The summed E-state index contributed by atoms with van der Waals surface area (Å²) in [5.41, 5.74) is 4.98. The number of nitrogens with one attached hydrogen (secondary N) is 2. The van der Waals surface area contributed by atoms with E-state index in [1.165, 1.54) is 11.3 Å². The highest BCUT2D eigenvalue weighted by Gasteiger charge is 2.13. The monoisotopic (exact) mass is 283 g/mol. The summed E-state index contributed by atoms with van der Waals surface area (Å²) >= 11 is 7.37. The Morgan fingerprint density at radius 3 is 3.00 bits per heavy atom. The van der Waals surface area contributed by atoms with Gasteiger partial charge in [0.15, 0.2) is 0 Å². The second-order valence-corrected chi connectivity index (χ2v) is 4.46. The smallest absolute Gasteiger partial charge is 0.271 e. The van der Waals surface area contributed by atoms with E-state index in [0.29, 0.717) is 12.4 Å². The highest BCUT2D eigenvalue weighted by atomic mass is 35.5. The van der Waals surface area contributed by atoms with Crippen LogP contribution in [0.2, 0.25) is 5.02 Å². The molecule has 0 bridgehead atoms. The van der Waals surface area contributed by atoms with Crippen molar-refractivity contribution in [3.05, 3.63) is 39.4 Å². The summed E-state index contributed by atoms with van der Waals surface area (Å²) in [6.45, 7) is 0.334. The highest BCUT2D eigenvalue weighted by molar-refractivity contribution is 7.07. The number of aromatic nitrogens is 2. The number of anilines is 1. The third-order valence-electron chi connectivity index (χ3n) is 2.12. The van der Waals surface area contributed by atoms with Crippen molar-refractivity contribution < 1.29 is 4.79 Å². The predicted octanol–water partition coefficient (Wildman–Crippen LogP) is 1.41. The lowest BCUT2D eigenvalue weighted by Gasteiger charge is -2.06. The van der Waals surface area contributed by atoms with E-state index < -0.39 is 0 Å². The van der Waals surface area contributed by atoms with Crippen molar-refractivity contribution in [1.82, 2.24) is 15.3 Å². The number of carbonyl (C=O) groups is 1. The molecule has 6 nitrogen and oxygen atoms in total. The number of rotatable bonds is 4. The van der Waals surface area contributed by atoms with E-state index in [1.807, 2.05) is 5.38 Å². The molecular formula is C10H10ClN5OS. The number of thiazole rings is 1. The van der Waals surface area contributed by atoms with Crippen LogP contribution in [0.1, 0.15) is 16.2 Å². The van der Waals surface area contributed by atoms with Crippen molar-refractivity contribution in [3.8, 4) is 0 Å². The maximum absolute atomic E-state index is 11.9. The Labute approximate surface area is 112 Å². The molecular weight excluding hydrogens is 274 g/mol. The van der Waals surface area contributed by atoms with Gasteiger partial charge in [0, 0.05) is 5.38 Å². The molecule has 2 aromatic heterocycles. The summed E-state index contributed by atoms with van der Waals surface area (Å²) in [7, 11) is 0. The highest BCUT2D eigenvalue weighted by Crippen LogP contribution is 2.16. The zero-order valence-corrected chi connectivity index (χ0v) is 10.8. The number of pyridine rings is 1. The number of hydrogen-bond acceptors (Lipinski definition) is 6. The number of nitrogens with two attached hydrogens (primary N) is 1. The number of hydrazine groups is 1. The van der Waals surface area contributed by atoms with Gasteiger partial charge < -0.3 is 10.7 Å². The van der Waals surface area contributed by atoms with E-state index in [-0.39, 0.29) is 16.6 Å². The second kappa shape index (κ2) is 5.76. The predicted molar refractivity (Wildman–Crippen MR) is 70.3 cm³/mol. The molecule has 0 saturated heterocycles. The van der Waals surface area contributed by atoms with Crippen LogP contribution < -0.4 is 16.6 Å². The van der Waals surface area contributed by atoms with E-state index in [4.69, 9.17) is 17.4 Å². The van der Waals surface area contributed by atoms with Crippen LogP contribution in [0.15, 0.2) is 23.0 Å². The largest absolute Gasteiger partial charge is 0.345 e. The van der Waals surface area contributed by atoms with Crippen molar-refractivity contribution in [2.45, 2.75) is 6.54 Å². The van der Waals surface area contributed by atoms with Crippen LogP contribution in [-0.4, -0.2) is 15.9 Å². The molecule has 0 aromatic carbocycles. The Morgan fingerprint density at radius 1 is 1.50 bits per heavy atom. The molecule has 4 N–H and O–H groups in total. The van der Waals surface area contributed by atoms with Gasteiger partial charge in [-0.3, -0.25) is 4.79 Å². The van der Waals surface area contributed by atoms with E-state index in [0.717, 1.165) is 5.69 Å². The van der Waals surface area contributed by atoms with Crippen LogP contribution in [0, 0.1) is 0 Å². The van der Waals surface area contributed by atoms with Gasteiger partial charge in [0.2, 0.25) is 0 Å². The lowest BCUT2D eigenvalue weighted by atomic mass is 10.3. The molecule has 0 atom stereocenters. The number of carbonyl (C=O) groups excluding carboxylic acids is 1. The van der Waals surface area contributed by atoms with Gasteiger partial charge in [-0.2, -0.15) is 0 Å².